The Morgan fingerprint density at radius 2 is 2.00 bits per heavy atom. The molecule has 0 saturated carbocycles. The molecule has 2 aromatic rings. The Kier molecular flexibility index (Phi) is 4.54. The number of nitrogens with one attached hydrogen (secondary N) is 1. The van der Waals surface area contributed by atoms with E-state index in [0.29, 0.717) is 47.4 Å². The first-order valence-corrected chi connectivity index (χ1v) is 8.71. The van der Waals surface area contributed by atoms with E-state index in [0.717, 1.165) is 25.9 Å². The van der Waals surface area contributed by atoms with E-state index < -0.39 is 0 Å². The van der Waals surface area contributed by atoms with Crippen molar-refractivity contribution in [1.82, 2.24) is 14.9 Å². The highest BCUT2D eigenvalue weighted by Crippen LogP contribution is 2.26. The highest BCUT2D eigenvalue weighted by atomic mass is 35.5. The van der Waals surface area contributed by atoms with Crippen LogP contribution in [0.4, 0.5) is 0 Å². The van der Waals surface area contributed by atoms with Crippen LogP contribution in [0.1, 0.15) is 18.7 Å². The molecule has 1 aromatic heterocycles. The molecule has 0 aliphatic carbocycles. The molecule has 0 atom stereocenters. The molecule has 3 heterocycles. The Labute approximate surface area is 144 Å². The van der Waals surface area contributed by atoms with Gasteiger partial charge in [0.1, 0.15) is 5.82 Å². The zero-order valence-electron chi connectivity index (χ0n) is 13.3. The second-order valence-electron chi connectivity index (χ2n) is 6.40. The number of piperidine rings is 1. The van der Waals surface area contributed by atoms with Crippen molar-refractivity contribution in [2.24, 2.45) is 5.92 Å². The quantitative estimate of drug-likeness (QED) is 0.919. The number of H-pyrrole nitrogens is 1. The number of fused-ring (bicyclic) bond motifs is 1. The molecule has 0 bridgehead atoms. The van der Waals surface area contributed by atoms with Crippen molar-refractivity contribution < 1.29 is 9.47 Å². The molecular formula is C17H20ClN3O3. The molecule has 0 spiro atoms. The molecular weight excluding hydrogens is 330 g/mol. The normalized spacial score (nSPS) is 20.9. The second-order valence-corrected chi connectivity index (χ2v) is 6.83. The minimum atomic E-state index is -0.139. The van der Waals surface area contributed by atoms with Gasteiger partial charge in [-0.1, -0.05) is 11.6 Å². The predicted octanol–water partition coefficient (Wildman–Crippen LogP) is 2.16. The number of aromatic amines is 1. The molecule has 128 valence electrons. The highest BCUT2D eigenvalue weighted by Gasteiger charge is 2.30. The standard InChI is InChI=1S/C17H20ClN3O3/c18-12-1-2-14-13(9-12)16(22)20-15(19-14)10-21-5-3-11(4-6-21)17-23-7-8-24-17/h1-2,9,11,17H,3-8,10H2,(H,19,20,22). The molecule has 2 fully saturated rings. The Balaban J connectivity index is 1.43. The van der Waals surface area contributed by atoms with Gasteiger partial charge in [-0.05, 0) is 44.1 Å². The third kappa shape index (κ3) is 3.32. The predicted molar refractivity (Wildman–Crippen MR) is 91.1 cm³/mol. The van der Waals surface area contributed by atoms with Crippen LogP contribution in [-0.2, 0) is 16.0 Å². The number of aromatic nitrogens is 2. The molecule has 24 heavy (non-hydrogen) atoms. The lowest BCUT2D eigenvalue weighted by Crippen LogP contribution is -2.38. The summed E-state index contributed by atoms with van der Waals surface area (Å²) in [6, 6.07) is 5.20. The van der Waals surface area contributed by atoms with E-state index in [2.05, 4.69) is 14.9 Å². The topological polar surface area (TPSA) is 67.5 Å². The van der Waals surface area contributed by atoms with Gasteiger partial charge in [-0.3, -0.25) is 9.69 Å². The van der Waals surface area contributed by atoms with Crippen LogP contribution in [0.2, 0.25) is 5.02 Å². The fourth-order valence-corrected chi connectivity index (χ4v) is 3.65. The number of hydrogen-bond acceptors (Lipinski definition) is 5. The summed E-state index contributed by atoms with van der Waals surface area (Å²) in [5, 5.41) is 1.07. The molecule has 2 aliphatic rings. The lowest BCUT2D eigenvalue weighted by molar-refractivity contribution is -0.0978. The molecule has 1 N–H and O–H groups in total. The van der Waals surface area contributed by atoms with E-state index in [9.17, 15) is 4.79 Å². The van der Waals surface area contributed by atoms with Crippen molar-refractivity contribution in [3.05, 3.63) is 39.4 Å². The monoisotopic (exact) mass is 349 g/mol. The first kappa shape index (κ1) is 16.0. The van der Waals surface area contributed by atoms with Crippen LogP contribution in [0.5, 0.6) is 0 Å². The molecule has 2 saturated heterocycles. The van der Waals surface area contributed by atoms with Crippen molar-refractivity contribution in [2.75, 3.05) is 26.3 Å². The highest BCUT2D eigenvalue weighted by molar-refractivity contribution is 6.31. The minimum absolute atomic E-state index is 0.0319. The largest absolute Gasteiger partial charge is 0.350 e. The Morgan fingerprint density at radius 3 is 2.75 bits per heavy atom. The van der Waals surface area contributed by atoms with Crippen molar-refractivity contribution in [1.29, 1.82) is 0 Å². The summed E-state index contributed by atoms with van der Waals surface area (Å²) in [5.74, 6) is 1.16. The molecule has 0 amide bonds. The van der Waals surface area contributed by atoms with Crippen LogP contribution in [0.15, 0.2) is 23.0 Å². The number of likely N-dealkylation sites (tertiary alicyclic amines) is 1. The first-order valence-electron chi connectivity index (χ1n) is 8.33. The first-order chi connectivity index (χ1) is 11.7. The van der Waals surface area contributed by atoms with E-state index in [1.54, 1.807) is 18.2 Å². The van der Waals surface area contributed by atoms with Gasteiger partial charge in [-0.25, -0.2) is 4.98 Å². The number of ether oxygens (including phenoxy) is 2. The fourth-order valence-electron chi connectivity index (χ4n) is 3.48. The number of halogens is 1. The van der Waals surface area contributed by atoms with Crippen LogP contribution >= 0.6 is 11.6 Å². The number of nitrogens with zero attached hydrogens (tertiary/aromatic N) is 2. The summed E-state index contributed by atoms with van der Waals surface area (Å²) in [7, 11) is 0. The third-order valence-corrected chi connectivity index (χ3v) is 4.99. The van der Waals surface area contributed by atoms with Crippen LogP contribution in [0.3, 0.4) is 0 Å². The summed E-state index contributed by atoms with van der Waals surface area (Å²) in [6.45, 7) is 3.97. The summed E-state index contributed by atoms with van der Waals surface area (Å²) >= 11 is 5.94. The Morgan fingerprint density at radius 1 is 1.25 bits per heavy atom. The van der Waals surface area contributed by atoms with Crippen LogP contribution in [-0.4, -0.2) is 47.5 Å². The van der Waals surface area contributed by atoms with Crippen LogP contribution in [0, 0.1) is 5.92 Å². The van der Waals surface area contributed by atoms with Crippen molar-refractivity contribution in [3.63, 3.8) is 0 Å². The van der Waals surface area contributed by atoms with Gasteiger partial charge in [0, 0.05) is 10.9 Å². The fraction of sp³-hybridized carbons (Fsp3) is 0.529. The van der Waals surface area contributed by atoms with Crippen molar-refractivity contribution in [3.8, 4) is 0 Å². The smallest absolute Gasteiger partial charge is 0.258 e. The molecule has 6 nitrogen and oxygen atoms in total. The summed E-state index contributed by atoms with van der Waals surface area (Å²) in [4.78, 5) is 22.0. The van der Waals surface area contributed by atoms with Gasteiger partial charge in [-0.15, -0.1) is 0 Å². The van der Waals surface area contributed by atoms with Gasteiger partial charge in [-0.2, -0.15) is 0 Å². The molecule has 2 aliphatic heterocycles. The maximum atomic E-state index is 12.2. The van der Waals surface area contributed by atoms with Gasteiger partial charge >= 0.3 is 0 Å². The lowest BCUT2D eigenvalue weighted by Gasteiger charge is -2.33. The molecule has 1 aromatic carbocycles. The zero-order chi connectivity index (χ0) is 16.5. The van der Waals surface area contributed by atoms with Gasteiger partial charge in [0.15, 0.2) is 6.29 Å². The molecule has 4 rings (SSSR count). The van der Waals surface area contributed by atoms with Gasteiger partial charge in [0.25, 0.3) is 5.56 Å². The maximum absolute atomic E-state index is 12.2. The van der Waals surface area contributed by atoms with E-state index in [1.807, 2.05) is 0 Å². The van der Waals surface area contributed by atoms with Gasteiger partial charge < -0.3 is 14.5 Å². The van der Waals surface area contributed by atoms with E-state index in [4.69, 9.17) is 21.1 Å². The molecule has 0 unspecified atom stereocenters. The number of rotatable bonds is 3. The summed E-state index contributed by atoms with van der Waals surface area (Å²) < 4.78 is 11.2. The Hall–Kier alpha value is -1.47. The third-order valence-electron chi connectivity index (χ3n) is 4.75. The zero-order valence-corrected chi connectivity index (χ0v) is 14.1. The SMILES string of the molecule is O=c1[nH]c(CN2CCC(C3OCCO3)CC2)nc2ccc(Cl)cc12. The second kappa shape index (κ2) is 6.80. The average molecular weight is 350 g/mol. The van der Waals surface area contributed by atoms with E-state index >= 15 is 0 Å². The van der Waals surface area contributed by atoms with Gasteiger partial charge in [0.05, 0.1) is 30.7 Å². The molecule has 7 heteroatoms. The van der Waals surface area contributed by atoms with Crippen molar-refractivity contribution in [2.45, 2.75) is 25.7 Å². The molecule has 0 radical (unpaired) electrons. The average Bonchev–Trinajstić information content (AvgIpc) is 3.11. The minimum Gasteiger partial charge on any atom is -0.350 e. The maximum Gasteiger partial charge on any atom is 0.258 e. The van der Waals surface area contributed by atoms with Gasteiger partial charge in [0.2, 0.25) is 0 Å². The summed E-state index contributed by atoms with van der Waals surface area (Å²) in [6.07, 6.45) is 2.05. The Bertz CT molecular complexity index is 780. The number of hydrogen-bond donors (Lipinski definition) is 1. The van der Waals surface area contributed by atoms with Crippen LogP contribution < -0.4 is 5.56 Å². The van der Waals surface area contributed by atoms with Crippen molar-refractivity contribution >= 4 is 22.5 Å². The van der Waals surface area contributed by atoms with E-state index in [-0.39, 0.29) is 11.8 Å². The summed E-state index contributed by atoms with van der Waals surface area (Å²) in [5.41, 5.74) is 0.543. The van der Waals surface area contributed by atoms with Crippen LogP contribution in [0.25, 0.3) is 10.9 Å². The van der Waals surface area contributed by atoms with E-state index in [1.165, 1.54) is 0 Å². The lowest BCUT2D eigenvalue weighted by atomic mass is 9.96. The number of benzene rings is 1.